The van der Waals surface area contributed by atoms with E-state index in [0.717, 1.165) is 31.1 Å². The molecule has 0 amide bonds. The van der Waals surface area contributed by atoms with Crippen LogP contribution in [0.25, 0.3) is 0 Å². The first-order valence-corrected chi connectivity index (χ1v) is 6.70. The number of hydrogen-bond donors (Lipinski definition) is 2. The van der Waals surface area contributed by atoms with Crippen molar-refractivity contribution in [1.29, 1.82) is 0 Å². The first kappa shape index (κ1) is 12.4. The molecule has 96 valence electrons. The normalized spacial score (nSPS) is 17.4. The summed E-state index contributed by atoms with van der Waals surface area (Å²) in [7, 11) is 0. The van der Waals surface area contributed by atoms with E-state index in [-0.39, 0.29) is 6.10 Å². The van der Waals surface area contributed by atoms with Crippen molar-refractivity contribution in [3.05, 3.63) is 0 Å². The molecule has 5 nitrogen and oxygen atoms in total. The molecular formula is C11H19N3O2S. The van der Waals surface area contributed by atoms with Crippen LogP contribution >= 0.6 is 11.5 Å². The first-order valence-electron chi connectivity index (χ1n) is 5.93. The Morgan fingerprint density at radius 1 is 1.47 bits per heavy atom. The minimum absolute atomic E-state index is 0.101. The molecule has 2 heterocycles. The molecule has 0 aliphatic carbocycles. The van der Waals surface area contributed by atoms with Crippen molar-refractivity contribution in [3.63, 3.8) is 0 Å². The van der Waals surface area contributed by atoms with Gasteiger partial charge in [-0.25, -0.2) is 0 Å². The zero-order chi connectivity index (χ0) is 12.3. The highest BCUT2D eigenvalue weighted by Crippen LogP contribution is 2.36. The number of nitrogens with two attached hydrogens (primary N) is 1. The van der Waals surface area contributed by atoms with Gasteiger partial charge in [0.15, 0.2) is 16.6 Å². The Kier molecular flexibility index (Phi) is 4.06. The summed E-state index contributed by atoms with van der Waals surface area (Å²) in [5.74, 6) is 1.16. The van der Waals surface area contributed by atoms with E-state index >= 15 is 0 Å². The van der Waals surface area contributed by atoms with Crippen molar-refractivity contribution >= 4 is 22.4 Å². The monoisotopic (exact) mass is 257 g/mol. The second-order valence-corrected chi connectivity index (χ2v) is 5.20. The van der Waals surface area contributed by atoms with E-state index in [1.54, 1.807) is 0 Å². The highest BCUT2D eigenvalue weighted by atomic mass is 32.1. The van der Waals surface area contributed by atoms with E-state index in [2.05, 4.69) is 9.69 Å². The molecule has 1 saturated heterocycles. The second kappa shape index (κ2) is 5.55. The van der Waals surface area contributed by atoms with Gasteiger partial charge in [-0.3, -0.25) is 0 Å². The Morgan fingerprint density at radius 3 is 2.82 bits per heavy atom. The maximum absolute atomic E-state index is 5.80. The molecule has 0 atom stereocenters. The highest BCUT2D eigenvalue weighted by molar-refractivity contribution is 7.11. The number of ether oxygens (including phenoxy) is 2. The summed E-state index contributed by atoms with van der Waals surface area (Å²) in [4.78, 5) is 0. The van der Waals surface area contributed by atoms with Gasteiger partial charge in [-0.2, -0.15) is 4.37 Å². The van der Waals surface area contributed by atoms with Crippen LogP contribution in [0.4, 0.5) is 10.8 Å². The molecule has 17 heavy (non-hydrogen) atoms. The summed E-state index contributed by atoms with van der Waals surface area (Å²) in [6.07, 6.45) is 2.13. The van der Waals surface area contributed by atoms with E-state index in [1.807, 2.05) is 13.8 Å². The Hall–Kier alpha value is -1.01. The maximum atomic E-state index is 5.80. The highest BCUT2D eigenvalue weighted by Gasteiger charge is 2.19. The minimum atomic E-state index is 0.101. The van der Waals surface area contributed by atoms with Crippen LogP contribution in [0.15, 0.2) is 0 Å². The Morgan fingerprint density at radius 2 is 2.18 bits per heavy atom. The van der Waals surface area contributed by atoms with Gasteiger partial charge in [0.25, 0.3) is 0 Å². The predicted molar refractivity (Wildman–Crippen MR) is 69.8 cm³/mol. The van der Waals surface area contributed by atoms with Crippen LogP contribution in [0, 0.1) is 0 Å². The number of anilines is 2. The summed E-state index contributed by atoms with van der Waals surface area (Å²) in [6, 6.07) is 0.429. The third-order valence-corrected chi connectivity index (χ3v) is 3.36. The van der Waals surface area contributed by atoms with Crippen LogP contribution in [0.5, 0.6) is 5.75 Å². The molecule has 0 unspecified atom stereocenters. The first-order chi connectivity index (χ1) is 8.16. The predicted octanol–water partition coefficient (Wildman–Crippen LogP) is 2.10. The largest absolute Gasteiger partial charge is 0.484 e. The van der Waals surface area contributed by atoms with Crippen molar-refractivity contribution in [2.75, 3.05) is 24.3 Å². The molecule has 0 bridgehead atoms. The van der Waals surface area contributed by atoms with Gasteiger partial charge in [0, 0.05) is 19.3 Å². The van der Waals surface area contributed by atoms with Crippen LogP contribution in [-0.2, 0) is 4.74 Å². The standard InChI is InChI=1S/C11H19N3O2S/c1-7(2)16-9-10(12)14-17-11(9)13-8-3-5-15-6-4-8/h7-8,13H,3-6H2,1-2H3,(H2,12,14). The molecule has 1 aliphatic rings. The van der Waals surface area contributed by atoms with Gasteiger partial charge in [0.1, 0.15) is 0 Å². The SMILES string of the molecule is CC(C)Oc1c(N)nsc1NC1CCOCC1. The number of nitrogens with zero attached hydrogens (tertiary/aromatic N) is 1. The minimum Gasteiger partial charge on any atom is -0.484 e. The molecule has 0 radical (unpaired) electrons. The number of hydrogen-bond acceptors (Lipinski definition) is 6. The van der Waals surface area contributed by atoms with Crippen LogP contribution in [0.3, 0.4) is 0 Å². The fraction of sp³-hybridized carbons (Fsp3) is 0.727. The van der Waals surface area contributed by atoms with Crippen molar-refractivity contribution < 1.29 is 9.47 Å². The van der Waals surface area contributed by atoms with E-state index in [0.29, 0.717) is 17.6 Å². The molecule has 3 N–H and O–H groups in total. The Balaban J connectivity index is 2.04. The summed E-state index contributed by atoms with van der Waals surface area (Å²) in [5, 5.41) is 4.38. The lowest BCUT2D eigenvalue weighted by Crippen LogP contribution is -2.27. The Bertz CT molecular complexity index is 362. The molecule has 6 heteroatoms. The van der Waals surface area contributed by atoms with Crippen molar-refractivity contribution in [3.8, 4) is 5.75 Å². The third kappa shape index (κ3) is 3.23. The summed E-state index contributed by atoms with van der Waals surface area (Å²) in [5.41, 5.74) is 5.80. The smallest absolute Gasteiger partial charge is 0.197 e. The van der Waals surface area contributed by atoms with Gasteiger partial charge >= 0.3 is 0 Å². The number of rotatable bonds is 4. The fourth-order valence-corrected chi connectivity index (χ4v) is 2.49. The topological polar surface area (TPSA) is 69.4 Å². The number of nitrogens with one attached hydrogen (secondary N) is 1. The lowest BCUT2D eigenvalue weighted by molar-refractivity contribution is 0.0904. The molecule has 1 aromatic heterocycles. The summed E-state index contributed by atoms with van der Waals surface area (Å²) < 4.78 is 15.2. The molecule has 1 fully saturated rings. The number of nitrogen functional groups attached to an aromatic ring is 1. The van der Waals surface area contributed by atoms with Crippen LogP contribution in [0.1, 0.15) is 26.7 Å². The molecular weight excluding hydrogens is 238 g/mol. The van der Waals surface area contributed by atoms with Gasteiger partial charge in [-0.15, -0.1) is 0 Å². The van der Waals surface area contributed by atoms with Gasteiger partial charge in [0.05, 0.1) is 6.10 Å². The summed E-state index contributed by atoms with van der Waals surface area (Å²) >= 11 is 1.36. The molecule has 1 aliphatic heterocycles. The van der Waals surface area contributed by atoms with Gasteiger partial charge in [-0.1, -0.05) is 0 Å². The second-order valence-electron chi connectivity index (χ2n) is 4.42. The lowest BCUT2D eigenvalue weighted by Gasteiger charge is -2.23. The quantitative estimate of drug-likeness (QED) is 0.864. The van der Waals surface area contributed by atoms with Crippen LogP contribution < -0.4 is 15.8 Å². The van der Waals surface area contributed by atoms with Crippen LogP contribution in [-0.4, -0.2) is 29.7 Å². The van der Waals surface area contributed by atoms with E-state index < -0.39 is 0 Å². The van der Waals surface area contributed by atoms with Gasteiger partial charge < -0.3 is 20.5 Å². The van der Waals surface area contributed by atoms with E-state index in [1.165, 1.54) is 11.5 Å². The molecule has 1 aromatic rings. The van der Waals surface area contributed by atoms with Gasteiger partial charge in [0.2, 0.25) is 0 Å². The van der Waals surface area contributed by atoms with Crippen molar-refractivity contribution in [2.24, 2.45) is 0 Å². The van der Waals surface area contributed by atoms with Crippen molar-refractivity contribution in [2.45, 2.75) is 38.8 Å². The zero-order valence-electron chi connectivity index (χ0n) is 10.2. The van der Waals surface area contributed by atoms with E-state index in [9.17, 15) is 0 Å². The third-order valence-electron chi connectivity index (χ3n) is 2.58. The maximum Gasteiger partial charge on any atom is 0.197 e. The lowest BCUT2D eigenvalue weighted by atomic mass is 10.1. The molecule has 2 rings (SSSR count). The molecule has 0 spiro atoms. The summed E-state index contributed by atoms with van der Waals surface area (Å²) in [6.45, 7) is 5.59. The van der Waals surface area contributed by atoms with Crippen molar-refractivity contribution in [1.82, 2.24) is 4.37 Å². The van der Waals surface area contributed by atoms with Gasteiger partial charge in [-0.05, 0) is 38.2 Å². The molecule has 0 saturated carbocycles. The average molecular weight is 257 g/mol. The molecule has 0 aromatic carbocycles. The Labute approximate surface area is 105 Å². The fourth-order valence-electron chi connectivity index (χ4n) is 1.76. The number of aromatic nitrogens is 1. The average Bonchev–Trinajstić information content (AvgIpc) is 2.62. The van der Waals surface area contributed by atoms with E-state index in [4.69, 9.17) is 15.2 Å². The zero-order valence-corrected chi connectivity index (χ0v) is 11.0. The van der Waals surface area contributed by atoms with Crippen LogP contribution in [0.2, 0.25) is 0 Å².